The summed E-state index contributed by atoms with van der Waals surface area (Å²) in [7, 11) is 0. The zero-order valence-corrected chi connectivity index (χ0v) is 15.6. The van der Waals surface area contributed by atoms with Crippen LogP contribution in [0.4, 0.5) is 10.5 Å². The number of thioether (sulfide) groups is 1. The van der Waals surface area contributed by atoms with Crippen LogP contribution in [0.3, 0.4) is 0 Å². The van der Waals surface area contributed by atoms with Crippen molar-refractivity contribution in [1.29, 1.82) is 0 Å². The van der Waals surface area contributed by atoms with E-state index in [-0.39, 0.29) is 41.1 Å². The van der Waals surface area contributed by atoms with Gasteiger partial charge in [-0.3, -0.25) is 14.9 Å². The number of aromatic nitrogens is 2. The molecule has 1 saturated heterocycles. The fourth-order valence-electron chi connectivity index (χ4n) is 2.57. The first kappa shape index (κ1) is 18.9. The maximum atomic E-state index is 12.0. The molecule has 10 heteroatoms. The maximum Gasteiger partial charge on any atom is 0.321 e. The lowest BCUT2D eigenvalue weighted by Crippen LogP contribution is -2.57. The molecule has 0 bridgehead atoms. The van der Waals surface area contributed by atoms with Gasteiger partial charge in [0.25, 0.3) is 5.22 Å². The molecule has 0 saturated carbocycles. The van der Waals surface area contributed by atoms with Gasteiger partial charge in [0, 0.05) is 18.2 Å². The second-order valence-corrected chi connectivity index (χ2v) is 7.15. The molecule has 3 rings (SSSR count). The van der Waals surface area contributed by atoms with Gasteiger partial charge in [0.2, 0.25) is 17.7 Å². The van der Waals surface area contributed by atoms with Gasteiger partial charge in [-0.2, -0.15) is 0 Å². The van der Waals surface area contributed by atoms with E-state index >= 15 is 0 Å². The monoisotopic (exact) mass is 389 g/mol. The Morgan fingerprint density at radius 1 is 1.26 bits per heavy atom. The number of carbonyl (C=O) groups is 3. The molecule has 27 heavy (non-hydrogen) atoms. The van der Waals surface area contributed by atoms with Crippen LogP contribution in [0.2, 0.25) is 0 Å². The SMILES string of the molecule is Cc1ccc(NC(=O)CSc2nnc(CC3C(=O)NC(=O)NC3C)o2)cc1. The van der Waals surface area contributed by atoms with Crippen molar-refractivity contribution in [3.8, 4) is 0 Å². The molecule has 3 N–H and O–H groups in total. The van der Waals surface area contributed by atoms with Gasteiger partial charge in [-0.1, -0.05) is 29.5 Å². The number of imide groups is 1. The minimum Gasteiger partial charge on any atom is -0.416 e. The summed E-state index contributed by atoms with van der Waals surface area (Å²) in [4.78, 5) is 35.2. The Kier molecular flexibility index (Phi) is 5.75. The predicted molar refractivity (Wildman–Crippen MR) is 98.2 cm³/mol. The summed E-state index contributed by atoms with van der Waals surface area (Å²) in [5.74, 6) is -0.667. The number of anilines is 1. The van der Waals surface area contributed by atoms with Crippen molar-refractivity contribution in [2.45, 2.75) is 31.5 Å². The molecule has 142 valence electrons. The van der Waals surface area contributed by atoms with Crippen LogP contribution in [0.15, 0.2) is 33.9 Å². The fraction of sp³-hybridized carbons (Fsp3) is 0.353. The topological polar surface area (TPSA) is 126 Å². The molecule has 1 aromatic carbocycles. The zero-order chi connectivity index (χ0) is 19.4. The lowest BCUT2D eigenvalue weighted by molar-refractivity contribution is -0.125. The molecule has 1 aromatic heterocycles. The van der Waals surface area contributed by atoms with Gasteiger partial charge >= 0.3 is 6.03 Å². The summed E-state index contributed by atoms with van der Waals surface area (Å²) < 4.78 is 5.49. The molecule has 4 amide bonds. The van der Waals surface area contributed by atoms with Gasteiger partial charge in [-0.25, -0.2) is 4.79 Å². The molecule has 9 nitrogen and oxygen atoms in total. The first-order valence-electron chi connectivity index (χ1n) is 8.34. The smallest absolute Gasteiger partial charge is 0.321 e. The highest BCUT2D eigenvalue weighted by Crippen LogP contribution is 2.20. The third-order valence-electron chi connectivity index (χ3n) is 4.04. The number of aryl methyl sites for hydroxylation is 1. The second kappa shape index (κ2) is 8.21. The van der Waals surface area contributed by atoms with Crippen molar-refractivity contribution in [1.82, 2.24) is 20.8 Å². The summed E-state index contributed by atoms with van der Waals surface area (Å²) in [5, 5.41) is 15.7. The summed E-state index contributed by atoms with van der Waals surface area (Å²) in [6.45, 7) is 3.71. The van der Waals surface area contributed by atoms with Crippen LogP contribution in [0, 0.1) is 12.8 Å². The highest BCUT2D eigenvalue weighted by atomic mass is 32.2. The van der Waals surface area contributed by atoms with Crippen LogP contribution in [0.5, 0.6) is 0 Å². The number of hydrogen-bond acceptors (Lipinski definition) is 7. The Bertz CT molecular complexity index is 851. The van der Waals surface area contributed by atoms with Gasteiger partial charge in [0.05, 0.1) is 11.7 Å². The lowest BCUT2D eigenvalue weighted by Gasteiger charge is -2.27. The standard InChI is InChI=1S/C17H19N5O4S/c1-9-3-5-11(6-4-9)19-13(23)8-27-17-22-21-14(26-17)7-12-10(2)18-16(25)20-15(12)24/h3-6,10,12H,7-8H2,1-2H3,(H,19,23)(H2,18,20,24,25). The minimum atomic E-state index is -0.509. The highest BCUT2D eigenvalue weighted by Gasteiger charge is 2.34. The van der Waals surface area contributed by atoms with E-state index in [1.165, 1.54) is 0 Å². The van der Waals surface area contributed by atoms with E-state index in [0.717, 1.165) is 23.0 Å². The number of hydrogen-bond donors (Lipinski definition) is 3. The van der Waals surface area contributed by atoms with Crippen molar-refractivity contribution < 1.29 is 18.8 Å². The maximum absolute atomic E-state index is 12.0. The lowest BCUT2D eigenvalue weighted by atomic mass is 9.95. The molecular weight excluding hydrogens is 370 g/mol. The Labute approximate surface area is 159 Å². The number of nitrogens with one attached hydrogen (secondary N) is 3. The van der Waals surface area contributed by atoms with Gasteiger partial charge in [-0.15, -0.1) is 10.2 Å². The quantitative estimate of drug-likeness (QED) is 0.639. The van der Waals surface area contributed by atoms with Gasteiger partial charge in [-0.05, 0) is 26.0 Å². The van der Waals surface area contributed by atoms with Crippen LogP contribution in [0.25, 0.3) is 0 Å². The van der Waals surface area contributed by atoms with E-state index in [0.29, 0.717) is 0 Å². The van der Waals surface area contributed by atoms with Crippen LogP contribution < -0.4 is 16.0 Å². The Morgan fingerprint density at radius 2 is 2.00 bits per heavy atom. The van der Waals surface area contributed by atoms with E-state index in [2.05, 4.69) is 26.1 Å². The van der Waals surface area contributed by atoms with Crippen LogP contribution >= 0.6 is 11.8 Å². The van der Waals surface area contributed by atoms with Crippen molar-refractivity contribution in [2.75, 3.05) is 11.1 Å². The minimum absolute atomic E-state index is 0.117. The van der Waals surface area contributed by atoms with E-state index in [4.69, 9.17) is 4.42 Å². The number of urea groups is 1. The molecule has 0 spiro atoms. The average Bonchev–Trinajstić information content (AvgIpc) is 3.06. The van der Waals surface area contributed by atoms with Gasteiger partial charge < -0.3 is 15.1 Å². The molecule has 1 fully saturated rings. The number of rotatable bonds is 6. The summed E-state index contributed by atoms with van der Waals surface area (Å²) in [5.41, 5.74) is 1.83. The van der Waals surface area contributed by atoms with Crippen molar-refractivity contribution in [2.24, 2.45) is 5.92 Å². The van der Waals surface area contributed by atoms with Crippen molar-refractivity contribution >= 4 is 35.3 Å². The second-order valence-electron chi connectivity index (χ2n) is 6.23. The average molecular weight is 389 g/mol. The normalized spacial score (nSPS) is 19.3. The summed E-state index contributed by atoms with van der Waals surface area (Å²) >= 11 is 1.11. The molecule has 2 aromatic rings. The molecule has 2 unspecified atom stereocenters. The Balaban J connectivity index is 1.50. The Hall–Kier alpha value is -2.88. The largest absolute Gasteiger partial charge is 0.416 e. The van der Waals surface area contributed by atoms with Crippen molar-refractivity contribution in [3.63, 3.8) is 0 Å². The predicted octanol–water partition coefficient (Wildman–Crippen LogP) is 1.50. The third kappa shape index (κ3) is 5.07. The molecule has 0 aliphatic carbocycles. The summed E-state index contributed by atoms with van der Waals surface area (Å²) in [6, 6.07) is 6.64. The molecule has 2 heterocycles. The van der Waals surface area contributed by atoms with E-state index in [1.807, 2.05) is 31.2 Å². The molecule has 1 aliphatic heterocycles. The number of amides is 4. The number of benzene rings is 1. The van der Waals surface area contributed by atoms with Crippen molar-refractivity contribution in [3.05, 3.63) is 35.7 Å². The molecule has 2 atom stereocenters. The van der Waals surface area contributed by atoms with E-state index in [1.54, 1.807) is 6.92 Å². The van der Waals surface area contributed by atoms with E-state index in [9.17, 15) is 14.4 Å². The zero-order valence-electron chi connectivity index (χ0n) is 14.8. The first-order chi connectivity index (χ1) is 12.9. The fourth-order valence-corrected chi connectivity index (χ4v) is 3.15. The highest BCUT2D eigenvalue weighted by molar-refractivity contribution is 7.99. The van der Waals surface area contributed by atoms with Crippen LogP contribution in [-0.2, 0) is 16.0 Å². The van der Waals surface area contributed by atoms with Gasteiger partial charge in [0.15, 0.2) is 0 Å². The van der Waals surface area contributed by atoms with Gasteiger partial charge in [0.1, 0.15) is 0 Å². The molecule has 1 aliphatic rings. The molecular formula is C17H19N5O4S. The Morgan fingerprint density at radius 3 is 2.70 bits per heavy atom. The van der Waals surface area contributed by atoms with Crippen LogP contribution in [-0.4, -0.2) is 39.8 Å². The number of nitrogens with zero attached hydrogens (tertiary/aromatic N) is 2. The third-order valence-corrected chi connectivity index (χ3v) is 4.86. The molecule has 0 radical (unpaired) electrons. The van der Waals surface area contributed by atoms with E-state index < -0.39 is 11.9 Å². The van der Waals surface area contributed by atoms with Crippen LogP contribution in [0.1, 0.15) is 18.4 Å². The number of carbonyl (C=O) groups excluding carboxylic acids is 3. The summed E-state index contributed by atoms with van der Waals surface area (Å²) in [6.07, 6.45) is 0.205. The first-order valence-corrected chi connectivity index (χ1v) is 9.32.